The van der Waals surface area contributed by atoms with E-state index in [1.54, 1.807) is 31.4 Å². The summed E-state index contributed by atoms with van der Waals surface area (Å²) in [4.78, 5) is 12.9. The van der Waals surface area contributed by atoms with E-state index >= 15 is 0 Å². The molecule has 0 unspecified atom stereocenters. The van der Waals surface area contributed by atoms with Gasteiger partial charge in [-0.05, 0) is 67.1 Å². The van der Waals surface area contributed by atoms with Gasteiger partial charge in [-0.25, -0.2) is 4.79 Å². The van der Waals surface area contributed by atoms with Gasteiger partial charge in [-0.1, -0.05) is 76.1 Å². The maximum atomic E-state index is 12.9. The van der Waals surface area contributed by atoms with Gasteiger partial charge in [0.05, 0.1) is 30.7 Å². The molecule has 0 N–H and O–H groups in total. The fourth-order valence-electron chi connectivity index (χ4n) is 4.46. The number of ether oxygens (including phenoxy) is 3. The monoisotopic (exact) mass is 538 g/mol. The smallest absolute Gasteiger partial charge is 0.343 e. The van der Waals surface area contributed by atoms with E-state index in [1.165, 1.54) is 44.9 Å². The van der Waals surface area contributed by atoms with Gasteiger partial charge in [0.1, 0.15) is 17.2 Å². The zero-order valence-corrected chi connectivity index (χ0v) is 23.5. The Balaban J connectivity index is 1.32. The standard InChI is InChI=1S/C34H38N2O4/c1-3-4-5-6-7-8-9-12-25-39-29-19-15-26(16-20-29)34(37)40-33-24-23-32(30-13-10-11-14-31(30)33)36-35-27-17-21-28(38-2)22-18-27/h10-11,13-24H,3-9,12,25H2,1-2H3. The van der Waals surface area contributed by atoms with E-state index in [4.69, 9.17) is 14.2 Å². The van der Waals surface area contributed by atoms with Gasteiger partial charge >= 0.3 is 5.97 Å². The highest BCUT2D eigenvalue weighted by Crippen LogP contribution is 2.34. The Kier molecular flexibility index (Phi) is 11.1. The number of carbonyl (C=O) groups is 1. The number of carbonyl (C=O) groups excluding carboxylic acids is 1. The first-order valence-corrected chi connectivity index (χ1v) is 14.2. The lowest BCUT2D eigenvalue weighted by Crippen LogP contribution is -2.08. The number of hydrogen-bond donors (Lipinski definition) is 0. The molecule has 0 spiro atoms. The number of esters is 1. The summed E-state index contributed by atoms with van der Waals surface area (Å²) >= 11 is 0. The van der Waals surface area contributed by atoms with Crippen LogP contribution in [-0.2, 0) is 0 Å². The largest absolute Gasteiger partial charge is 0.497 e. The van der Waals surface area contributed by atoms with Crippen LogP contribution in [0.3, 0.4) is 0 Å². The summed E-state index contributed by atoms with van der Waals surface area (Å²) in [5.74, 6) is 1.57. The number of rotatable bonds is 15. The van der Waals surface area contributed by atoms with Crippen LogP contribution in [0.15, 0.2) is 95.2 Å². The zero-order valence-electron chi connectivity index (χ0n) is 23.5. The van der Waals surface area contributed by atoms with E-state index in [0.717, 1.165) is 28.7 Å². The average molecular weight is 539 g/mol. The third kappa shape index (κ3) is 8.40. The molecule has 0 atom stereocenters. The third-order valence-corrected chi connectivity index (χ3v) is 6.77. The van der Waals surface area contributed by atoms with E-state index in [-0.39, 0.29) is 0 Å². The normalized spacial score (nSPS) is 11.2. The van der Waals surface area contributed by atoms with Crippen molar-refractivity contribution in [2.75, 3.05) is 13.7 Å². The molecule has 0 saturated carbocycles. The molecule has 0 saturated heterocycles. The summed E-state index contributed by atoms with van der Waals surface area (Å²) in [6.07, 6.45) is 10.1. The van der Waals surface area contributed by atoms with Crippen LogP contribution in [0.4, 0.5) is 11.4 Å². The van der Waals surface area contributed by atoms with Gasteiger partial charge in [-0.2, -0.15) is 5.11 Å². The van der Waals surface area contributed by atoms with Gasteiger partial charge in [-0.15, -0.1) is 5.11 Å². The second kappa shape index (κ2) is 15.4. The van der Waals surface area contributed by atoms with Gasteiger partial charge in [0, 0.05) is 10.8 Å². The van der Waals surface area contributed by atoms with Crippen molar-refractivity contribution in [3.05, 3.63) is 90.5 Å². The maximum absolute atomic E-state index is 12.9. The van der Waals surface area contributed by atoms with Crippen LogP contribution >= 0.6 is 0 Å². The molecule has 208 valence electrons. The summed E-state index contributed by atoms with van der Waals surface area (Å²) in [6, 6.07) is 25.7. The highest BCUT2D eigenvalue weighted by atomic mass is 16.5. The summed E-state index contributed by atoms with van der Waals surface area (Å²) in [7, 11) is 1.62. The van der Waals surface area contributed by atoms with E-state index in [0.29, 0.717) is 29.3 Å². The van der Waals surface area contributed by atoms with Crippen molar-refractivity contribution in [2.45, 2.75) is 58.3 Å². The Morgan fingerprint density at radius 1 is 0.675 bits per heavy atom. The SMILES string of the molecule is CCCCCCCCCCOc1ccc(C(=O)Oc2ccc(N=Nc3ccc(OC)cc3)c3ccccc23)cc1. The molecule has 0 heterocycles. The van der Waals surface area contributed by atoms with Crippen molar-refractivity contribution in [3.63, 3.8) is 0 Å². The zero-order chi connectivity index (χ0) is 28.0. The number of benzene rings is 4. The second-order valence-electron chi connectivity index (χ2n) is 9.76. The van der Waals surface area contributed by atoms with Gasteiger partial charge in [-0.3, -0.25) is 0 Å². The molecule has 0 amide bonds. The van der Waals surface area contributed by atoms with Crippen LogP contribution in [0, 0.1) is 0 Å². The van der Waals surface area contributed by atoms with Crippen LogP contribution in [-0.4, -0.2) is 19.7 Å². The summed E-state index contributed by atoms with van der Waals surface area (Å²) in [6.45, 7) is 2.93. The molecule has 4 aromatic rings. The minimum Gasteiger partial charge on any atom is -0.497 e. The Morgan fingerprint density at radius 2 is 1.32 bits per heavy atom. The van der Waals surface area contributed by atoms with Crippen LogP contribution in [0.2, 0.25) is 0 Å². The van der Waals surface area contributed by atoms with Crippen LogP contribution < -0.4 is 14.2 Å². The number of methoxy groups -OCH3 is 1. The Hall–Kier alpha value is -4.19. The molecule has 6 heteroatoms. The second-order valence-corrected chi connectivity index (χ2v) is 9.76. The lowest BCUT2D eigenvalue weighted by molar-refractivity contribution is 0.0737. The fourth-order valence-corrected chi connectivity index (χ4v) is 4.46. The van der Waals surface area contributed by atoms with Gasteiger partial charge < -0.3 is 14.2 Å². The lowest BCUT2D eigenvalue weighted by atomic mass is 10.1. The van der Waals surface area contributed by atoms with Crippen molar-refractivity contribution >= 4 is 28.1 Å². The highest BCUT2D eigenvalue weighted by Gasteiger charge is 2.13. The average Bonchev–Trinajstić information content (AvgIpc) is 3.00. The van der Waals surface area contributed by atoms with Crippen molar-refractivity contribution in [3.8, 4) is 17.2 Å². The van der Waals surface area contributed by atoms with Crippen LogP contribution in [0.25, 0.3) is 10.8 Å². The Labute approximate surface area is 237 Å². The first-order chi connectivity index (χ1) is 19.7. The van der Waals surface area contributed by atoms with Gasteiger partial charge in [0.25, 0.3) is 0 Å². The predicted molar refractivity (Wildman–Crippen MR) is 161 cm³/mol. The van der Waals surface area contributed by atoms with E-state index in [1.807, 2.05) is 60.7 Å². The molecular weight excluding hydrogens is 500 g/mol. The summed E-state index contributed by atoms with van der Waals surface area (Å²) in [5.41, 5.74) is 1.86. The Bertz CT molecular complexity index is 1380. The molecule has 0 aliphatic carbocycles. The van der Waals surface area contributed by atoms with Gasteiger partial charge in [0.2, 0.25) is 0 Å². The maximum Gasteiger partial charge on any atom is 0.343 e. The third-order valence-electron chi connectivity index (χ3n) is 6.77. The molecule has 0 aliphatic heterocycles. The minimum atomic E-state index is -0.424. The molecule has 4 rings (SSSR count). The topological polar surface area (TPSA) is 69.5 Å². The summed E-state index contributed by atoms with van der Waals surface area (Å²) < 4.78 is 16.8. The van der Waals surface area contributed by atoms with Crippen molar-refractivity contribution in [1.29, 1.82) is 0 Å². The van der Waals surface area contributed by atoms with E-state index in [2.05, 4.69) is 17.2 Å². The lowest BCUT2D eigenvalue weighted by Gasteiger charge is -2.10. The molecule has 0 aromatic heterocycles. The predicted octanol–water partition coefficient (Wildman–Crippen LogP) is 10.0. The molecule has 0 aliphatic rings. The first-order valence-electron chi connectivity index (χ1n) is 14.2. The number of hydrogen-bond acceptors (Lipinski definition) is 6. The van der Waals surface area contributed by atoms with Crippen molar-refractivity contribution < 1.29 is 19.0 Å². The molecule has 0 bridgehead atoms. The molecule has 6 nitrogen and oxygen atoms in total. The number of nitrogens with zero attached hydrogens (tertiary/aromatic N) is 2. The Morgan fingerprint density at radius 3 is 2.02 bits per heavy atom. The fraction of sp³-hybridized carbons (Fsp3) is 0.324. The molecule has 4 aromatic carbocycles. The molecule has 0 radical (unpaired) electrons. The van der Waals surface area contributed by atoms with Crippen LogP contribution in [0.1, 0.15) is 68.6 Å². The minimum absolute atomic E-state index is 0.424. The summed E-state index contributed by atoms with van der Waals surface area (Å²) in [5, 5.41) is 10.4. The van der Waals surface area contributed by atoms with Crippen LogP contribution in [0.5, 0.6) is 17.2 Å². The van der Waals surface area contributed by atoms with E-state index < -0.39 is 5.97 Å². The quantitative estimate of drug-likeness (QED) is 0.0653. The van der Waals surface area contributed by atoms with Crippen molar-refractivity contribution in [2.24, 2.45) is 10.2 Å². The molecule has 0 fully saturated rings. The molecular formula is C34H38N2O4. The number of azo groups is 1. The highest BCUT2D eigenvalue weighted by molar-refractivity contribution is 5.99. The van der Waals surface area contributed by atoms with Gasteiger partial charge in [0.15, 0.2) is 0 Å². The number of fused-ring (bicyclic) bond motifs is 1. The first kappa shape index (κ1) is 28.8. The number of unbranched alkanes of at least 4 members (excludes halogenated alkanes) is 7. The van der Waals surface area contributed by atoms with Crippen molar-refractivity contribution in [1.82, 2.24) is 0 Å². The molecule has 40 heavy (non-hydrogen) atoms. The van der Waals surface area contributed by atoms with E-state index in [9.17, 15) is 4.79 Å².